The van der Waals surface area contributed by atoms with Crippen LogP contribution in [-0.4, -0.2) is 39.0 Å². The number of benzene rings is 2. The molecule has 1 fully saturated rings. The molecule has 2 aromatic rings. The van der Waals surface area contributed by atoms with Crippen molar-refractivity contribution in [1.29, 1.82) is 0 Å². The Hall–Kier alpha value is -1.99. The highest BCUT2D eigenvalue weighted by Crippen LogP contribution is 2.42. The summed E-state index contributed by atoms with van der Waals surface area (Å²) in [5, 5.41) is 3.52. The van der Waals surface area contributed by atoms with Gasteiger partial charge in [-0.15, -0.1) is 0 Å². The lowest BCUT2D eigenvalue weighted by Crippen LogP contribution is -2.25. The number of rotatable bonds is 3. The molecule has 2 aliphatic rings. The lowest BCUT2D eigenvalue weighted by atomic mass is 9.91. The molecule has 2 heterocycles. The molecular formula is C20H22F2N2O2S. The minimum Gasteiger partial charge on any atom is -0.381 e. The average Bonchev–Trinajstić information content (AvgIpc) is 2.87. The van der Waals surface area contributed by atoms with Gasteiger partial charge in [0.05, 0.1) is 9.79 Å². The molecule has 7 heteroatoms. The van der Waals surface area contributed by atoms with Crippen molar-refractivity contribution in [1.82, 2.24) is 4.90 Å². The van der Waals surface area contributed by atoms with Crippen LogP contribution in [0.5, 0.6) is 0 Å². The molecule has 1 N–H and O–H groups in total. The first-order valence-corrected chi connectivity index (χ1v) is 10.7. The Balaban J connectivity index is 1.69. The van der Waals surface area contributed by atoms with Crippen LogP contribution in [0, 0.1) is 11.6 Å². The number of hydrogen-bond donors (Lipinski definition) is 1. The zero-order valence-electron chi connectivity index (χ0n) is 15.1. The van der Waals surface area contributed by atoms with E-state index in [4.69, 9.17) is 0 Å². The van der Waals surface area contributed by atoms with Gasteiger partial charge in [-0.2, -0.15) is 0 Å². The van der Waals surface area contributed by atoms with Crippen molar-refractivity contribution in [2.24, 2.45) is 0 Å². The van der Waals surface area contributed by atoms with Gasteiger partial charge >= 0.3 is 0 Å². The van der Waals surface area contributed by atoms with Gasteiger partial charge < -0.3 is 10.2 Å². The maximum Gasteiger partial charge on any atom is 0.206 e. The van der Waals surface area contributed by atoms with Gasteiger partial charge in [-0.05, 0) is 67.9 Å². The second kappa shape index (κ2) is 6.87. The zero-order chi connectivity index (χ0) is 19.2. The molecule has 2 aliphatic heterocycles. The summed E-state index contributed by atoms with van der Waals surface area (Å²) in [5.41, 5.74) is 1.97. The van der Waals surface area contributed by atoms with Crippen molar-refractivity contribution in [2.75, 3.05) is 25.0 Å². The van der Waals surface area contributed by atoms with Crippen molar-refractivity contribution in [3.63, 3.8) is 0 Å². The molecule has 0 amide bonds. The molecule has 0 unspecified atom stereocenters. The van der Waals surface area contributed by atoms with E-state index in [0.717, 1.165) is 61.9 Å². The summed E-state index contributed by atoms with van der Waals surface area (Å²) in [4.78, 5) is 2.29. The Kier molecular flexibility index (Phi) is 4.68. The number of anilines is 1. The van der Waals surface area contributed by atoms with E-state index in [1.165, 1.54) is 6.07 Å². The van der Waals surface area contributed by atoms with Crippen molar-refractivity contribution < 1.29 is 17.2 Å². The Bertz CT molecular complexity index is 978. The Morgan fingerprint density at radius 3 is 2.48 bits per heavy atom. The van der Waals surface area contributed by atoms with Crippen LogP contribution >= 0.6 is 0 Å². The van der Waals surface area contributed by atoms with Gasteiger partial charge in [0.25, 0.3) is 0 Å². The fourth-order valence-electron chi connectivity index (χ4n) is 4.14. The molecule has 1 saturated heterocycles. The molecule has 4 rings (SSSR count). The number of fused-ring (bicyclic) bond motifs is 3. The number of sulfone groups is 1. The zero-order valence-corrected chi connectivity index (χ0v) is 15.9. The van der Waals surface area contributed by atoms with Gasteiger partial charge in [-0.1, -0.05) is 6.92 Å². The summed E-state index contributed by atoms with van der Waals surface area (Å²) in [7, 11) is -3.91. The largest absolute Gasteiger partial charge is 0.381 e. The minimum absolute atomic E-state index is 0.117. The van der Waals surface area contributed by atoms with Crippen molar-refractivity contribution in [3.05, 3.63) is 53.6 Å². The maximum atomic E-state index is 13.5. The molecule has 4 nitrogen and oxygen atoms in total. The molecule has 144 valence electrons. The van der Waals surface area contributed by atoms with Crippen LogP contribution in [0.1, 0.15) is 31.2 Å². The summed E-state index contributed by atoms with van der Waals surface area (Å²) < 4.78 is 52.5. The summed E-state index contributed by atoms with van der Waals surface area (Å²) in [6, 6.07) is 8.01. The van der Waals surface area contributed by atoms with E-state index < -0.39 is 21.5 Å². The number of halogens is 2. The monoisotopic (exact) mass is 392 g/mol. The average molecular weight is 392 g/mol. The van der Waals surface area contributed by atoms with Crippen LogP contribution < -0.4 is 5.32 Å². The van der Waals surface area contributed by atoms with Crippen LogP contribution in [0.25, 0.3) is 0 Å². The highest BCUT2D eigenvalue weighted by Gasteiger charge is 2.35. The number of likely N-dealkylation sites (tertiary alicyclic amines) is 1. The SMILES string of the molecule is CCN1CC[C@@H]2Nc3ccc(S(=O)(=O)c4ccc(F)c(F)c4)cc3[C@H]2CC1. The Morgan fingerprint density at radius 2 is 1.74 bits per heavy atom. The fourth-order valence-corrected chi connectivity index (χ4v) is 5.45. The molecule has 0 spiro atoms. The van der Waals surface area contributed by atoms with Gasteiger partial charge in [-0.25, -0.2) is 17.2 Å². The molecule has 2 atom stereocenters. The molecule has 0 radical (unpaired) electrons. The number of nitrogens with zero attached hydrogens (tertiary/aromatic N) is 1. The van der Waals surface area contributed by atoms with E-state index in [9.17, 15) is 17.2 Å². The van der Waals surface area contributed by atoms with Crippen LogP contribution in [0.3, 0.4) is 0 Å². The molecule has 0 aromatic heterocycles. The molecule has 0 aliphatic carbocycles. The maximum absolute atomic E-state index is 13.5. The quantitative estimate of drug-likeness (QED) is 0.808. The summed E-state index contributed by atoms with van der Waals surface area (Å²) in [5.74, 6) is -1.96. The van der Waals surface area contributed by atoms with Gasteiger partial charge in [0, 0.05) is 24.2 Å². The van der Waals surface area contributed by atoms with E-state index in [0.29, 0.717) is 6.04 Å². The van der Waals surface area contributed by atoms with E-state index in [2.05, 4.69) is 17.1 Å². The van der Waals surface area contributed by atoms with Crippen molar-refractivity contribution in [2.45, 2.75) is 41.5 Å². The predicted molar refractivity (Wildman–Crippen MR) is 99.8 cm³/mol. The van der Waals surface area contributed by atoms with E-state index in [1.807, 2.05) is 0 Å². The molecular weight excluding hydrogens is 370 g/mol. The number of nitrogens with one attached hydrogen (secondary N) is 1. The molecule has 0 saturated carbocycles. The summed E-state index contributed by atoms with van der Waals surface area (Å²) in [6.07, 6.45) is 1.98. The van der Waals surface area contributed by atoms with Crippen LogP contribution in [-0.2, 0) is 9.84 Å². The summed E-state index contributed by atoms with van der Waals surface area (Å²) in [6.45, 7) is 5.17. The third-order valence-electron chi connectivity index (χ3n) is 5.72. The molecule has 27 heavy (non-hydrogen) atoms. The molecule has 0 bridgehead atoms. The van der Waals surface area contributed by atoms with E-state index >= 15 is 0 Å². The predicted octanol–water partition coefficient (Wildman–Crippen LogP) is 3.79. The first kappa shape index (κ1) is 18.4. The lowest BCUT2D eigenvalue weighted by molar-refractivity contribution is 0.298. The van der Waals surface area contributed by atoms with Crippen molar-refractivity contribution >= 4 is 15.5 Å². The lowest BCUT2D eigenvalue weighted by Gasteiger charge is -2.17. The normalized spacial score (nSPS) is 22.6. The smallest absolute Gasteiger partial charge is 0.206 e. The third kappa shape index (κ3) is 3.23. The second-order valence-electron chi connectivity index (χ2n) is 7.20. The van der Waals surface area contributed by atoms with Gasteiger partial charge in [0.15, 0.2) is 11.6 Å². The first-order valence-electron chi connectivity index (χ1n) is 9.23. The highest BCUT2D eigenvalue weighted by molar-refractivity contribution is 7.91. The highest BCUT2D eigenvalue weighted by atomic mass is 32.2. The van der Waals surface area contributed by atoms with Crippen molar-refractivity contribution in [3.8, 4) is 0 Å². The van der Waals surface area contributed by atoms with Gasteiger partial charge in [0.1, 0.15) is 0 Å². The van der Waals surface area contributed by atoms with E-state index in [1.54, 1.807) is 12.1 Å². The Morgan fingerprint density at radius 1 is 1.04 bits per heavy atom. The first-order chi connectivity index (χ1) is 12.9. The summed E-state index contributed by atoms with van der Waals surface area (Å²) >= 11 is 0. The van der Waals surface area contributed by atoms with Crippen LogP contribution in [0.15, 0.2) is 46.2 Å². The fraction of sp³-hybridized carbons (Fsp3) is 0.400. The third-order valence-corrected chi connectivity index (χ3v) is 7.47. The molecule has 2 aromatic carbocycles. The topological polar surface area (TPSA) is 49.4 Å². The Labute approximate surface area is 158 Å². The second-order valence-corrected chi connectivity index (χ2v) is 9.15. The van der Waals surface area contributed by atoms with Crippen LogP contribution in [0.4, 0.5) is 14.5 Å². The van der Waals surface area contributed by atoms with Gasteiger partial charge in [0.2, 0.25) is 9.84 Å². The van der Waals surface area contributed by atoms with Crippen LogP contribution in [0.2, 0.25) is 0 Å². The standard InChI is InChI=1S/C20H22F2N2O2S/c1-2-24-9-7-15-16-11-13(4-6-19(16)23-20(15)8-10-24)27(25,26)14-3-5-17(21)18(22)12-14/h3-6,11-12,15,20,23H,2,7-10H2,1H3/t15-,20+/m1/s1. The number of hydrogen-bond acceptors (Lipinski definition) is 4. The van der Waals surface area contributed by atoms with Gasteiger partial charge in [-0.3, -0.25) is 0 Å². The minimum atomic E-state index is -3.91. The van der Waals surface area contributed by atoms with E-state index in [-0.39, 0.29) is 15.7 Å².